The molecule has 0 spiro atoms. The van der Waals surface area contributed by atoms with Crippen molar-refractivity contribution in [2.45, 2.75) is 26.2 Å². The van der Waals surface area contributed by atoms with Gasteiger partial charge in [-0.1, -0.05) is 35.8 Å². The number of hydrogen-bond acceptors (Lipinski definition) is 4. The molecular formula is C19H21BrN2O3S. The molecule has 1 unspecified atom stereocenters. The van der Waals surface area contributed by atoms with Gasteiger partial charge in [-0.15, -0.1) is 0 Å². The van der Waals surface area contributed by atoms with Gasteiger partial charge in [-0.05, 0) is 66.5 Å². The maximum absolute atomic E-state index is 12.0. The molecule has 0 fully saturated rings. The quantitative estimate of drug-likeness (QED) is 0.457. The molecule has 26 heavy (non-hydrogen) atoms. The fraction of sp³-hybridized carbons (Fsp3) is 0.263. The van der Waals surface area contributed by atoms with Crippen LogP contribution in [0.5, 0.6) is 11.5 Å². The van der Waals surface area contributed by atoms with Gasteiger partial charge >= 0.3 is 0 Å². The van der Waals surface area contributed by atoms with Gasteiger partial charge < -0.3 is 15.2 Å². The third-order valence-electron chi connectivity index (χ3n) is 3.89. The summed E-state index contributed by atoms with van der Waals surface area (Å²) in [5.41, 5.74) is 1.54. The highest BCUT2D eigenvalue weighted by atomic mass is 79.9. The Kier molecular flexibility index (Phi) is 7.41. The first-order valence-electron chi connectivity index (χ1n) is 8.21. The summed E-state index contributed by atoms with van der Waals surface area (Å²) in [6.45, 7) is 4.04. The van der Waals surface area contributed by atoms with Crippen LogP contribution in [0, 0.1) is 0 Å². The van der Waals surface area contributed by atoms with E-state index in [9.17, 15) is 9.90 Å². The Morgan fingerprint density at radius 1 is 1.27 bits per heavy atom. The summed E-state index contributed by atoms with van der Waals surface area (Å²) in [7, 11) is 0. The van der Waals surface area contributed by atoms with E-state index in [0.717, 1.165) is 16.5 Å². The number of anilines is 1. The number of rotatable bonds is 6. The van der Waals surface area contributed by atoms with Crippen LogP contribution in [0.3, 0.4) is 0 Å². The molecule has 0 saturated heterocycles. The third kappa shape index (κ3) is 6.00. The van der Waals surface area contributed by atoms with Gasteiger partial charge in [0.05, 0.1) is 5.69 Å². The number of carbonyl (C=O) groups is 1. The smallest absolute Gasteiger partial charge is 0.264 e. The summed E-state index contributed by atoms with van der Waals surface area (Å²) >= 11 is 8.47. The zero-order valence-corrected chi connectivity index (χ0v) is 17.0. The maximum Gasteiger partial charge on any atom is 0.264 e. The second kappa shape index (κ2) is 9.54. The molecule has 3 N–H and O–H groups in total. The average molecular weight is 437 g/mol. The summed E-state index contributed by atoms with van der Waals surface area (Å²) in [5, 5.41) is 15.5. The summed E-state index contributed by atoms with van der Waals surface area (Å²) in [4.78, 5) is 12.0. The summed E-state index contributed by atoms with van der Waals surface area (Å²) in [6, 6.07) is 12.5. The lowest BCUT2D eigenvalue weighted by atomic mass is 9.98. The van der Waals surface area contributed by atoms with Crippen molar-refractivity contribution in [2.75, 3.05) is 11.9 Å². The van der Waals surface area contributed by atoms with Crippen molar-refractivity contribution in [3.63, 3.8) is 0 Å². The molecule has 0 aromatic heterocycles. The molecule has 2 aromatic rings. The van der Waals surface area contributed by atoms with Gasteiger partial charge in [-0.3, -0.25) is 10.1 Å². The lowest BCUT2D eigenvalue weighted by molar-refractivity contribution is -0.121. The first kappa shape index (κ1) is 20.2. The number of phenolic OH excluding ortho intramolecular Hbond substituents is 1. The first-order chi connectivity index (χ1) is 12.4. The van der Waals surface area contributed by atoms with Gasteiger partial charge in [0, 0.05) is 4.47 Å². The fourth-order valence-electron chi connectivity index (χ4n) is 2.19. The molecule has 0 bridgehead atoms. The number of benzene rings is 2. The highest BCUT2D eigenvalue weighted by Gasteiger charge is 2.11. The van der Waals surface area contributed by atoms with E-state index in [0.29, 0.717) is 17.4 Å². The monoisotopic (exact) mass is 436 g/mol. The van der Waals surface area contributed by atoms with Crippen molar-refractivity contribution >= 4 is 44.9 Å². The standard InChI is InChI=1S/C19H21BrN2O3S/c1-3-12(2)13-4-9-17(23)16(10-13)21-19(26)22-18(24)11-25-15-7-5-14(20)6-8-15/h4-10,12,23H,3,11H2,1-2H3,(H2,21,22,24,26). The van der Waals surface area contributed by atoms with E-state index >= 15 is 0 Å². The van der Waals surface area contributed by atoms with E-state index in [1.807, 2.05) is 24.3 Å². The molecule has 0 radical (unpaired) electrons. The molecule has 1 atom stereocenters. The van der Waals surface area contributed by atoms with Crippen molar-refractivity contribution < 1.29 is 14.6 Å². The zero-order chi connectivity index (χ0) is 19.1. The second-order valence-corrected chi connectivity index (χ2v) is 7.15. The molecule has 0 heterocycles. The van der Waals surface area contributed by atoms with Crippen LogP contribution < -0.4 is 15.4 Å². The number of phenols is 1. The number of ether oxygens (including phenoxy) is 1. The van der Waals surface area contributed by atoms with Crippen molar-refractivity contribution in [3.05, 3.63) is 52.5 Å². The predicted octanol–water partition coefficient (Wildman–Crippen LogP) is 4.56. The molecule has 2 aromatic carbocycles. The highest BCUT2D eigenvalue weighted by Crippen LogP contribution is 2.29. The van der Waals surface area contributed by atoms with Gasteiger partial charge in [-0.25, -0.2) is 0 Å². The number of amides is 1. The van der Waals surface area contributed by atoms with Crippen molar-refractivity contribution in [1.82, 2.24) is 5.32 Å². The van der Waals surface area contributed by atoms with Gasteiger partial charge in [0.15, 0.2) is 11.7 Å². The van der Waals surface area contributed by atoms with Crippen LogP contribution >= 0.6 is 28.1 Å². The molecule has 7 heteroatoms. The lowest BCUT2D eigenvalue weighted by Gasteiger charge is -2.15. The van der Waals surface area contributed by atoms with Crippen LogP contribution in [0.1, 0.15) is 31.7 Å². The van der Waals surface area contributed by atoms with E-state index in [1.54, 1.807) is 18.2 Å². The SMILES string of the molecule is CCC(C)c1ccc(O)c(NC(=S)NC(=O)COc2ccc(Br)cc2)c1. The molecule has 1 amide bonds. The van der Waals surface area contributed by atoms with Gasteiger partial charge in [-0.2, -0.15) is 0 Å². The normalized spacial score (nSPS) is 11.5. The van der Waals surface area contributed by atoms with Gasteiger partial charge in [0.2, 0.25) is 0 Å². The van der Waals surface area contributed by atoms with E-state index < -0.39 is 0 Å². The molecule has 0 aliphatic rings. The number of nitrogens with one attached hydrogen (secondary N) is 2. The van der Waals surface area contributed by atoms with Crippen LogP contribution in [0.15, 0.2) is 46.9 Å². The Morgan fingerprint density at radius 2 is 1.96 bits per heavy atom. The van der Waals surface area contributed by atoms with Crippen LogP contribution in [-0.4, -0.2) is 22.7 Å². The number of halogens is 1. The Labute approximate surface area is 166 Å². The first-order valence-corrected chi connectivity index (χ1v) is 9.41. The van der Waals surface area contributed by atoms with Gasteiger partial charge in [0.1, 0.15) is 11.5 Å². The van der Waals surface area contributed by atoms with E-state index in [-0.39, 0.29) is 23.4 Å². The largest absolute Gasteiger partial charge is 0.506 e. The maximum atomic E-state index is 12.0. The molecule has 0 saturated carbocycles. The van der Waals surface area contributed by atoms with Crippen LogP contribution in [0.2, 0.25) is 0 Å². The highest BCUT2D eigenvalue weighted by molar-refractivity contribution is 9.10. The summed E-state index contributed by atoms with van der Waals surface area (Å²) in [6.07, 6.45) is 0.985. The zero-order valence-electron chi connectivity index (χ0n) is 14.6. The topological polar surface area (TPSA) is 70.6 Å². The van der Waals surface area contributed by atoms with E-state index in [4.69, 9.17) is 17.0 Å². The number of hydrogen-bond donors (Lipinski definition) is 3. The number of thiocarbonyl (C=S) groups is 1. The van der Waals surface area contributed by atoms with Crippen molar-refractivity contribution in [3.8, 4) is 11.5 Å². The summed E-state index contributed by atoms with van der Waals surface area (Å²) < 4.78 is 6.32. The fourth-order valence-corrected chi connectivity index (χ4v) is 2.68. The molecule has 0 aliphatic carbocycles. The van der Waals surface area contributed by atoms with Crippen LogP contribution in [0.4, 0.5) is 5.69 Å². The minimum atomic E-state index is -0.386. The van der Waals surface area contributed by atoms with Gasteiger partial charge in [0.25, 0.3) is 5.91 Å². The van der Waals surface area contributed by atoms with Crippen molar-refractivity contribution in [1.29, 1.82) is 0 Å². The molecule has 0 aliphatic heterocycles. The van der Waals surface area contributed by atoms with Crippen LogP contribution in [-0.2, 0) is 4.79 Å². The van der Waals surface area contributed by atoms with E-state index in [2.05, 4.69) is 40.4 Å². The molecular weight excluding hydrogens is 416 g/mol. The lowest BCUT2D eigenvalue weighted by Crippen LogP contribution is -2.37. The van der Waals surface area contributed by atoms with Crippen LogP contribution in [0.25, 0.3) is 0 Å². The minimum Gasteiger partial charge on any atom is -0.506 e. The number of aromatic hydroxyl groups is 1. The third-order valence-corrected chi connectivity index (χ3v) is 4.62. The Balaban J connectivity index is 1.89. The Hall–Kier alpha value is -2.12. The molecule has 2 rings (SSSR count). The predicted molar refractivity (Wildman–Crippen MR) is 111 cm³/mol. The minimum absolute atomic E-state index is 0.0692. The second-order valence-electron chi connectivity index (χ2n) is 5.83. The molecule has 138 valence electrons. The average Bonchev–Trinajstić information content (AvgIpc) is 2.62. The molecule has 5 nitrogen and oxygen atoms in total. The number of carbonyl (C=O) groups excluding carboxylic acids is 1. The summed E-state index contributed by atoms with van der Waals surface area (Å²) in [5.74, 6) is 0.627. The van der Waals surface area contributed by atoms with Crippen molar-refractivity contribution in [2.24, 2.45) is 0 Å². The van der Waals surface area contributed by atoms with E-state index in [1.165, 1.54) is 0 Å². The Bertz CT molecular complexity index is 781. The Morgan fingerprint density at radius 3 is 2.62 bits per heavy atom.